The van der Waals surface area contributed by atoms with Gasteiger partial charge in [0, 0.05) is 18.8 Å². The Morgan fingerprint density at radius 1 is 1.08 bits per heavy atom. The highest BCUT2D eigenvalue weighted by atomic mass is 16.2. The Hall–Kier alpha value is -2.88. The highest BCUT2D eigenvalue weighted by Crippen LogP contribution is 2.33. The molecule has 1 unspecified atom stereocenters. The molecule has 1 aliphatic heterocycles. The van der Waals surface area contributed by atoms with Crippen LogP contribution >= 0.6 is 0 Å². The van der Waals surface area contributed by atoms with Gasteiger partial charge in [-0.1, -0.05) is 30.3 Å². The van der Waals surface area contributed by atoms with Gasteiger partial charge in [0.2, 0.25) is 11.8 Å². The molecule has 0 fully saturated rings. The summed E-state index contributed by atoms with van der Waals surface area (Å²) in [5.41, 5.74) is 5.14. The second kappa shape index (κ2) is 6.93. The first-order valence-electron chi connectivity index (χ1n) is 8.39. The van der Waals surface area contributed by atoms with Gasteiger partial charge in [0.1, 0.15) is 0 Å². The minimum Gasteiger partial charge on any atom is -0.326 e. The second-order valence-electron chi connectivity index (χ2n) is 6.44. The van der Waals surface area contributed by atoms with Crippen LogP contribution in [0.25, 0.3) is 6.08 Å². The first-order valence-corrected chi connectivity index (χ1v) is 8.39. The molecule has 2 amide bonds. The molecule has 0 bridgehead atoms. The molecule has 4 nitrogen and oxygen atoms in total. The topological polar surface area (TPSA) is 49.4 Å². The maximum absolute atomic E-state index is 12.6. The first kappa shape index (κ1) is 17.0. The van der Waals surface area contributed by atoms with Gasteiger partial charge in [-0.15, -0.1) is 0 Å². The van der Waals surface area contributed by atoms with E-state index in [4.69, 9.17) is 0 Å². The SMILES string of the molecule is CC(=O)N1C=Cc2ccccc2C1CC(=O)Nc1ccc(C)c(C)c1. The van der Waals surface area contributed by atoms with Crippen LogP contribution in [0.4, 0.5) is 5.69 Å². The molecule has 0 radical (unpaired) electrons. The van der Waals surface area contributed by atoms with Crippen molar-refractivity contribution in [2.75, 3.05) is 5.32 Å². The first-order chi connectivity index (χ1) is 12.0. The van der Waals surface area contributed by atoms with Gasteiger partial charge >= 0.3 is 0 Å². The average molecular weight is 334 g/mol. The van der Waals surface area contributed by atoms with Crippen molar-refractivity contribution >= 4 is 23.6 Å². The van der Waals surface area contributed by atoms with Gasteiger partial charge < -0.3 is 10.2 Å². The molecular formula is C21H22N2O2. The summed E-state index contributed by atoms with van der Waals surface area (Å²) < 4.78 is 0. The fourth-order valence-corrected chi connectivity index (χ4v) is 3.12. The molecule has 1 heterocycles. The molecule has 2 aromatic carbocycles. The second-order valence-corrected chi connectivity index (χ2v) is 6.44. The van der Waals surface area contributed by atoms with Crippen molar-refractivity contribution in [1.82, 2.24) is 4.90 Å². The summed E-state index contributed by atoms with van der Waals surface area (Å²) in [6.07, 6.45) is 3.89. The lowest BCUT2D eigenvalue weighted by Crippen LogP contribution is -2.33. The Morgan fingerprint density at radius 3 is 2.56 bits per heavy atom. The van der Waals surface area contributed by atoms with Gasteiger partial charge in [-0.05, 0) is 54.3 Å². The third kappa shape index (κ3) is 3.63. The number of aryl methyl sites for hydroxylation is 2. The average Bonchev–Trinajstić information content (AvgIpc) is 2.58. The number of fused-ring (bicyclic) bond motifs is 1. The van der Waals surface area contributed by atoms with E-state index >= 15 is 0 Å². The number of carbonyl (C=O) groups is 2. The number of hydrogen-bond acceptors (Lipinski definition) is 2. The van der Waals surface area contributed by atoms with E-state index in [1.165, 1.54) is 12.5 Å². The molecule has 1 aliphatic rings. The zero-order chi connectivity index (χ0) is 18.0. The Labute approximate surface area is 148 Å². The highest BCUT2D eigenvalue weighted by molar-refractivity contribution is 5.92. The summed E-state index contributed by atoms with van der Waals surface area (Å²) in [5.74, 6) is -0.181. The van der Waals surface area contributed by atoms with E-state index in [-0.39, 0.29) is 24.3 Å². The third-order valence-corrected chi connectivity index (χ3v) is 4.64. The lowest BCUT2D eigenvalue weighted by Gasteiger charge is -2.32. The van der Waals surface area contributed by atoms with Gasteiger partial charge in [-0.25, -0.2) is 0 Å². The third-order valence-electron chi connectivity index (χ3n) is 4.64. The van der Waals surface area contributed by atoms with Crippen LogP contribution in [0.15, 0.2) is 48.7 Å². The van der Waals surface area contributed by atoms with Crippen LogP contribution in [0.2, 0.25) is 0 Å². The van der Waals surface area contributed by atoms with Gasteiger partial charge in [-0.3, -0.25) is 9.59 Å². The van der Waals surface area contributed by atoms with Crippen LogP contribution in [0.3, 0.4) is 0 Å². The lowest BCUT2D eigenvalue weighted by molar-refractivity contribution is -0.129. The molecule has 4 heteroatoms. The quantitative estimate of drug-likeness (QED) is 0.914. The van der Waals surface area contributed by atoms with E-state index in [9.17, 15) is 9.59 Å². The minimum atomic E-state index is -0.287. The number of nitrogens with zero attached hydrogens (tertiary/aromatic N) is 1. The fraction of sp³-hybridized carbons (Fsp3) is 0.238. The van der Waals surface area contributed by atoms with E-state index in [1.54, 1.807) is 11.1 Å². The molecule has 2 aromatic rings. The molecule has 128 valence electrons. The van der Waals surface area contributed by atoms with Crippen molar-refractivity contribution in [2.45, 2.75) is 33.2 Å². The maximum Gasteiger partial charge on any atom is 0.226 e. The molecular weight excluding hydrogens is 312 g/mol. The summed E-state index contributed by atoms with van der Waals surface area (Å²) in [4.78, 5) is 26.2. The van der Waals surface area contributed by atoms with E-state index in [1.807, 2.05) is 62.4 Å². The van der Waals surface area contributed by atoms with Crippen LogP contribution in [-0.4, -0.2) is 16.7 Å². The highest BCUT2D eigenvalue weighted by Gasteiger charge is 2.28. The van der Waals surface area contributed by atoms with E-state index in [2.05, 4.69) is 5.32 Å². The zero-order valence-electron chi connectivity index (χ0n) is 14.7. The molecule has 1 N–H and O–H groups in total. The fourth-order valence-electron chi connectivity index (χ4n) is 3.12. The van der Waals surface area contributed by atoms with Crippen LogP contribution in [0, 0.1) is 13.8 Å². The van der Waals surface area contributed by atoms with E-state index in [0.29, 0.717) is 0 Å². The van der Waals surface area contributed by atoms with Crippen LogP contribution in [0.5, 0.6) is 0 Å². The summed E-state index contributed by atoms with van der Waals surface area (Å²) in [7, 11) is 0. The lowest BCUT2D eigenvalue weighted by atomic mass is 9.93. The number of nitrogens with one attached hydrogen (secondary N) is 1. The number of rotatable bonds is 3. The van der Waals surface area contributed by atoms with Crippen molar-refractivity contribution < 1.29 is 9.59 Å². The predicted octanol–water partition coefficient (Wildman–Crippen LogP) is 4.21. The summed E-state index contributed by atoms with van der Waals surface area (Å²) in [6.45, 7) is 5.58. The number of amides is 2. The molecule has 0 aromatic heterocycles. The van der Waals surface area contributed by atoms with Crippen LogP contribution in [0.1, 0.15) is 41.6 Å². The molecule has 0 spiro atoms. The van der Waals surface area contributed by atoms with E-state index in [0.717, 1.165) is 22.4 Å². The largest absolute Gasteiger partial charge is 0.326 e. The molecule has 3 rings (SSSR count). The van der Waals surface area contributed by atoms with Gasteiger partial charge in [0.25, 0.3) is 0 Å². The Kier molecular flexibility index (Phi) is 4.70. The van der Waals surface area contributed by atoms with Crippen molar-refractivity contribution in [3.63, 3.8) is 0 Å². The smallest absolute Gasteiger partial charge is 0.226 e. The summed E-state index contributed by atoms with van der Waals surface area (Å²) in [6, 6.07) is 13.4. The van der Waals surface area contributed by atoms with Crippen molar-refractivity contribution in [1.29, 1.82) is 0 Å². The zero-order valence-corrected chi connectivity index (χ0v) is 14.7. The summed E-state index contributed by atoms with van der Waals surface area (Å²) in [5, 5.41) is 2.95. The van der Waals surface area contributed by atoms with E-state index < -0.39 is 0 Å². The molecule has 0 aliphatic carbocycles. The predicted molar refractivity (Wildman–Crippen MR) is 99.9 cm³/mol. The number of carbonyl (C=O) groups excluding carboxylic acids is 2. The minimum absolute atomic E-state index is 0.0743. The Morgan fingerprint density at radius 2 is 1.84 bits per heavy atom. The van der Waals surface area contributed by atoms with Crippen LogP contribution in [-0.2, 0) is 9.59 Å². The maximum atomic E-state index is 12.6. The Bertz CT molecular complexity index is 855. The summed E-state index contributed by atoms with van der Waals surface area (Å²) >= 11 is 0. The standard InChI is InChI=1S/C21H22N2O2/c1-14-8-9-18(12-15(14)2)22-21(25)13-20-19-7-5-4-6-17(19)10-11-23(20)16(3)24/h4-12,20H,13H2,1-3H3,(H,22,25). The molecule has 1 atom stereocenters. The molecule has 0 saturated heterocycles. The van der Waals surface area contributed by atoms with Crippen molar-refractivity contribution in [3.05, 3.63) is 70.9 Å². The van der Waals surface area contributed by atoms with Gasteiger partial charge in [0.15, 0.2) is 0 Å². The van der Waals surface area contributed by atoms with Gasteiger partial charge in [0.05, 0.1) is 12.5 Å². The molecule has 0 saturated carbocycles. The van der Waals surface area contributed by atoms with Crippen molar-refractivity contribution in [3.8, 4) is 0 Å². The Balaban J connectivity index is 1.81. The van der Waals surface area contributed by atoms with Crippen molar-refractivity contribution in [2.24, 2.45) is 0 Å². The number of hydrogen-bond donors (Lipinski definition) is 1. The number of benzene rings is 2. The molecule has 25 heavy (non-hydrogen) atoms. The van der Waals surface area contributed by atoms with Gasteiger partial charge in [-0.2, -0.15) is 0 Å². The van der Waals surface area contributed by atoms with Crippen LogP contribution < -0.4 is 5.32 Å². The monoisotopic (exact) mass is 334 g/mol. The number of anilines is 1. The normalized spacial score (nSPS) is 15.6.